The van der Waals surface area contributed by atoms with Crippen molar-refractivity contribution in [2.24, 2.45) is 5.92 Å². The molecule has 0 bridgehead atoms. The Morgan fingerprint density at radius 2 is 1.88 bits per heavy atom. The molecule has 2 fully saturated rings. The number of hydrogen-bond acceptors (Lipinski definition) is 3. The highest BCUT2D eigenvalue weighted by atomic mass is 16.4. The molecule has 0 spiro atoms. The summed E-state index contributed by atoms with van der Waals surface area (Å²) < 4.78 is 0. The first-order chi connectivity index (χ1) is 12.0. The van der Waals surface area contributed by atoms with E-state index in [0.717, 1.165) is 50.8 Å². The van der Waals surface area contributed by atoms with Gasteiger partial charge in [-0.05, 0) is 57.2 Å². The smallest absolute Gasteiger partial charge is 0.317 e. The molecule has 25 heavy (non-hydrogen) atoms. The van der Waals surface area contributed by atoms with Crippen LogP contribution in [-0.2, 0) is 10.2 Å². The molecule has 1 aromatic carbocycles. The van der Waals surface area contributed by atoms with Crippen molar-refractivity contribution in [2.45, 2.75) is 62.4 Å². The van der Waals surface area contributed by atoms with Crippen molar-refractivity contribution in [3.8, 4) is 0 Å². The average Bonchev–Trinajstić information content (AvgIpc) is 2.60. The second-order valence-corrected chi connectivity index (χ2v) is 8.14. The van der Waals surface area contributed by atoms with E-state index in [2.05, 4.69) is 11.9 Å². The number of carbonyl (C=O) groups is 1. The molecule has 0 aromatic heterocycles. The maximum absolute atomic E-state index is 12.7. The predicted molar refractivity (Wildman–Crippen MR) is 98.6 cm³/mol. The van der Waals surface area contributed by atoms with Gasteiger partial charge in [0.1, 0.15) is 5.41 Å². The standard InChI is InChI=1S/C21H31NO3/c1-22-14-8-9-17(16-22)15-21(19(23)24,18-10-4-2-5-11-18)20(25)12-6-3-7-13-20/h2,4-5,10-11,17,25H,3,6-9,12-16H2,1H3,(H,23,24)/t17-,21+/m0/s1. The molecule has 3 rings (SSSR count). The van der Waals surface area contributed by atoms with Crippen molar-refractivity contribution < 1.29 is 15.0 Å². The average molecular weight is 345 g/mol. The largest absolute Gasteiger partial charge is 0.480 e. The number of rotatable bonds is 5. The molecule has 1 aliphatic heterocycles. The van der Waals surface area contributed by atoms with E-state index >= 15 is 0 Å². The minimum absolute atomic E-state index is 0.306. The van der Waals surface area contributed by atoms with Gasteiger partial charge in [0, 0.05) is 6.54 Å². The van der Waals surface area contributed by atoms with Gasteiger partial charge in [0.05, 0.1) is 5.60 Å². The monoisotopic (exact) mass is 345 g/mol. The predicted octanol–water partition coefficient (Wildman–Crippen LogP) is 3.44. The number of likely N-dealkylation sites (tertiary alicyclic amines) is 1. The van der Waals surface area contributed by atoms with E-state index < -0.39 is 17.0 Å². The lowest BCUT2D eigenvalue weighted by atomic mass is 9.58. The minimum Gasteiger partial charge on any atom is -0.480 e. The van der Waals surface area contributed by atoms with E-state index in [0.29, 0.717) is 25.2 Å². The van der Waals surface area contributed by atoms with Crippen molar-refractivity contribution in [1.82, 2.24) is 4.90 Å². The third kappa shape index (κ3) is 3.47. The molecule has 4 nitrogen and oxygen atoms in total. The molecule has 1 heterocycles. The number of aliphatic hydroxyl groups is 1. The summed E-state index contributed by atoms with van der Waals surface area (Å²) in [6.45, 7) is 1.99. The van der Waals surface area contributed by atoms with Gasteiger partial charge in [0.15, 0.2) is 0 Å². The van der Waals surface area contributed by atoms with Crippen molar-refractivity contribution >= 4 is 5.97 Å². The van der Waals surface area contributed by atoms with E-state index in [1.54, 1.807) is 0 Å². The zero-order valence-corrected chi connectivity index (χ0v) is 15.3. The van der Waals surface area contributed by atoms with Crippen molar-refractivity contribution in [3.63, 3.8) is 0 Å². The molecule has 0 radical (unpaired) electrons. The van der Waals surface area contributed by atoms with Crippen LogP contribution in [0.25, 0.3) is 0 Å². The Morgan fingerprint density at radius 3 is 2.48 bits per heavy atom. The first kappa shape index (κ1) is 18.4. The van der Waals surface area contributed by atoms with Gasteiger partial charge in [-0.15, -0.1) is 0 Å². The first-order valence-electron chi connectivity index (χ1n) is 9.68. The lowest BCUT2D eigenvalue weighted by molar-refractivity contribution is -0.163. The second-order valence-electron chi connectivity index (χ2n) is 8.14. The van der Waals surface area contributed by atoms with Crippen LogP contribution in [0, 0.1) is 5.92 Å². The van der Waals surface area contributed by atoms with E-state index in [9.17, 15) is 15.0 Å². The summed E-state index contributed by atoms with van der Waals surface area (Å²) in [6.07, 6.45) is 6.72. The van der Waals surface area contributed by atoms with Crippen molar-refractivity contribution in [2.75, 3.05) is 20.1 Å². The second kappa shape index (κ2) is 7.46. The number of hydrogen-bond donors (Lipinski definition) is 2. The van der Waals surface area contributed by atoms with Gasteiger partial charge in [-0.25, -0.2) is 0 Å². The lowest BCUT2D eigenvalue weighted by Crippen LogP contribution is -2.59. The van der Waals surface area contributed by atoms with Gasteiger partial charge in [-0.1, -0.05) is 49.6 Å². The topological polar surface area (TPSA) is 60.8 Å². The molecule has 0 amide bonds. The van der Waals surface area contributed by atoms with Crippen LogP contribution in [0.2, 0.25) is 0 Å². The van der Waals surface area contributed by atoms with E-state index in [1.807, 2.05) is 30.3 Å². The maximum atomic E-state index is 12.7. The fourth-order valence-electron chi connectivity index (χ4n) is 5.15. The van der Waals surface area contributed by atoms with Gasteiger partial charge in [-0.2, -0.15) is 0 Å². The summed E-state index contributed by atoms with van der Waals surface area (Å²) in [5.74, 6) is -0.558. The highest BCUT2D eigenvalue weighted by molar-refractivity contribution is 5.83. The van der Waals surface area contributed by atoms with Crippen LogP contribution in [0.15, 0.2) is 30.3 Å². The zero-order valence-electron chi connectivity index (χ0n) is 15.3. The summed E-state index contributed by atoms with van der Waals surface area (Å²) in [4.78, 5) is 15.0. The summed E-state index contributed by atoms with van der Waals surface area (Å²) in [7, 11) is 2.10. The molecular formula is C21H31NO3. The molecule has 0 unspecified atom stereocenters. The minimum atomic E-state index is -1.21. The Labute approximate surface area is 150 Å². The molecule has 138 valence electrons. The highest BCUT2D eigenvalue weighted by Crippen LogP contribution is 2.49. The molecular weight excluding hydrogens is 314 g/mol. The molecule has 2 N–H and O–H groups in total. The Balaban J connectivity index is 2.03. The van der Waals surface area contributed by atoms with Gasteiger partial charge in [0.25, 0.3) is 0 Å². The van der Waals surface area contributed by atoms with E-state index in [1.165, 1.54) is 0 Å². The highest BCUT2D eigenvalue weighted by Gasteiger charge is 2.57. The summed E-state index contributed by atoms with van der Waals surface area (Å²) in [5.41, 5.74) is -1.61. The quantitative estimate of drug-likeness (QED) is 0.858. The van der Waals surface area contributed by atoms with Gasteiger partial charge in [0.2, 0.25) is 0 Å². The Bertz CT molecular complexity index is 582. The Morgan fingerprint density at radius 1 is 1.20 bits per heavy atom. The van der Waals surface area contributed by atoms with Crippen LogP contribution in [0.1, 0.15) is 56.9 Å². The third-order valence-corrected chi connectivity index (χ3v) is 6.42. The molecule has 1 aliphatic carbocycles. The molecule has 2 atom stereocenters. The number of nitrogens with zero attached hydrogens (tertiary/aromatic N) is 1. The number of benzene rings is 1. The lowest BCUT2D eigenvalue weighted by Gasteiger charge is -2.49. The zero-order chi connectivity index (χ0) is 17.9. The summed E-state index contributed by atoms with van der Waals surface area (Å²) >= 11 is 0. The fraction of sp³-hybridized carbons (Fsp3) is 0.667. The number of carboxylic acids is 1. The van der Waals surface area contributed by atoms with Crippen LogP contribution >= 0.6 is 0 Å². The molecule has 1 saturated carbocycles. The number of aliphatic carboxylic acids is 1. The summed E-state index contributed by atoms with van der Waals surface area (Å²) in [5, 5.41) is 22.0. The third-order valence-electron chi connectivity index (χ3n) is 6.42. The number of piperidine rings is 1. The van der Waals surface area contributed by atoms with Crippen molar-refractivity contribution in [1.29, 1.82) is 0 Å². The molecule has 2 aliphatic rings. The van der Waals surface area contributed by atoms with Crippen LogP contribution in [0.3, 0.4) is 0 Å². The Kier molecular flexibility index (Phi) is 5.49. The number of carboxylic acid groups (broad SMARTS) is 1. The van der Waals surface area contributed by atoms with Gasteiger partial charge in [-0.3, -0.25) is 4.79 Å². The SMILES string of the molecule is CN1CCC[C@@H](C[C@](C(=O)O)(c2ccccc2)C2(O)CCCCC2)C1. The van der Waals surface area contributed by atoms with Crippen LogP contribution in [0.4, 0.5) is 0 Å². The molecule has 4 heteroatoms. The van der Waals surface area contributed by atoms with E-state index in [-0.39, 0.29) is 0 Å². The van der Waals surface area contributed by atoms with Crippen LogP contribution < -0.4 is 0 Å². The Hall–Kier alpha value is -1.39. The van der Waals surface area contributed by atoms with E-state index in [4.69, 9.17) is 0 Å². The van der Waals surface area contributed by atoms with Gasteiger partial charge >= 0.3 is 5.97 Å². The molecule has 1 aromatic rings. The fourth-order valence-corrected chi connectivity index (χ4v) is 5.15. The first-order valence-corrected chi connectivity index (χ1v) is 9.68. The van der Waals surface area contributed by atoms with Crippen LogP contribution in [0.5, 0.6) is 0 Å². The molecule has 1 saturated heterocycles. The normalized spacial score (nSPS) is 26.7. The summed E-state index contributed by atoms with van der Waals surface area (Å²) in [6, 6.07) is 9.49. The van der Waals surface area contributed by atoms with Crippen LogP contribution in [-0.4, -0.2) is 46.8 Å². The maximum Gasteiger partial charge on any atom is 0.317 e. The van der Waals surface area contributed by atoms with Crippen molar-refractivity contribution in [3.05, 3.63) is 35.9 Å². The van der Waals surface area contributed by atoms with Gasteiger partial charge < -0.3 is 15.1 Å².